The first kappa shape index (κ1) is 35.1. The molecule has 256 valence electrons. The molecule has 20 heteroatoms. The van der Waals surface area contributed by atoms with Crippen LogP contribution in [0.2, 0.25) is 0 Å². The number of carbonyl (C=O) groups excluding carboxylic acids is 2. The van der Waals surface area contributed by atoms with E-state index in [0.29, 0.717) is 22.9 Å². The number of nitrogen functional groups attached to an aromatic ring is 1. The van der Waals surface area contributed by atoms with Crippen molar-refractivity contribution in [2.75, 3.05) is 17.2 Å². The van der Waals surface area contributed by atoms with Crippen LogP contribution in [-0.2, 0) is 19.2 Å². The molecule has 17 nitrogen and oxygen atoms in total. The Morgan fingerprint density at radius 1 is 1.31 bits per heavy atom. The van der Waals surface area contributed by atoms with Gasteiger partial charge in [0.05, 0.1) is 11.4 Å². The summed E-state index contributed by atoms with van der Waals surface area (Å²) in [5.41, 5.74) is 5.50. The highest BCUT2D eigenvalue weighted by atomic mass is 32.2. The Hall–Kier alpha value is -5.21. The molecule has 1 aromatic carbocycles. The number of aromatic amines is 1. The van der Waals surface area contributed by atoms with E-state index in [2.05, 4.69) is 41.1 Å². The topological polar surface area (TPSA) is 254 Å². The van der Waals surface area contributed by atoms with E-state index in [-0.39, 0.29) is 33.9 Å². The van der Waals surface area contributed by atoms with Gasteiger partial charge in [-0.1, -0.05) is 17.3 Å². The summed E-state index contributed by atoms with van der Waals surface area (Å²) in [6.45, 7) is 4.42. The Morgan fingerprint density at radius 2 is 2.10 bits per heavy atom. The molecule has 5 rings (SSSR count). The van der Waals surface area contributed by atoms with Gasteiger partial charge in [0.15, 0.2) is 22.3 Å². The largest absolute Gasteiger partial charge is 0.504 e. The number of nitrogens with two attached hydrogens (primary N) is 1. The zero-order chi connectivity index (χ0) is 35.3. The van der Waals surface area contributed by atoms with E-state index < -0.39 is 34.8 Å². The normalized spacial score (nSPS) is 18.6. The molecule has 2 amide bonds. The first-order valence-corrected chi connectivity index (χ1v) is 17.2. The number of aliphatic carboxylic acids is 1. The van der Waals surface area contributed by atoms with Crippen LogP contribution in [0.25, 0.3) is 5.70 Å². The molecule has 0 unspecified atom stereocenters. The van der Waals surface area contributed by atoms with Crippen LogP contribution < -0.4 is 11.1 Å². The predicted molar refractivity (Wildman–Crippen MR) is 185 cm³/mol. The SMILES string of the molecule is C/C=C\C(=C/C=Nc1ccc(O)c(O)c1)SCC1=C(c2nn[nH]n2)N2C(=O)[C@@H](NC(=O)/C(=N\OC(C)(C)C(=O)O)c3csc(N)n3)[C@H]2SC1. The molecule has 0 saturated carbocycles. The molecular formula is C29H30N10O7S3. The number of oxime groups is 1. The number of carboxylic acid groups (broad SMARTS) is 1. The second-order valence-corrected chi connectivity index (χ2v) is 13.8. The van der Waals surface area contributed by atoms with Crippen molar-refractivity contribution in [1.29, 1.82) is 0 Å². The second kappa shape index (κ2) is 14.9. The average molecular weight is 727 g/mol. The van der Waals surface area contributed by atoms with Gasteiger partial charge in [0.25, 0.3) is 11.8 Å². The third-order valence-electron chi connectivity index (χ3n) is 6.92. The Labute approximate surface area is 291 Å². The van der Waals surface area contributed by atoms with Gasteiger partial charge in [-0.2, -0.15) is 5.21 Å². The van der Waals surface area contributed by atoms with Gasteiger partial charge in [0.1, 0.15) is 17.1 Å². The molecule has 49 heavy (non-hydrogen) atoms. The van der Waals surface area contributed by atoms with E-state index in [0.717, 1.165) is 21.8 Å². The molecule has 0 bridgehead atoms. The van der Waals surface area contributed by atoms with Gasteiger partial charge >= 0.3 is 5.97 Å². The number of tetrazole rings is 1. The van der Waals surface area contributed by atoms with E-state index in [4.69, 9.17) is 10.6 Å². The molecule has 1 fully saturated rings. The van der Waals surface area contributed by atoms with Crippen LogP contribution in [-0.4, -0.2) is 104 Å². The van der Waals surface area contributed by atoms with E-state index in [1.165, 1.54) is 59.8 Å². The Bertz CT molecular complexity index is 1900. The van der Waals surface area contributed by atoms with Crippen molar-refractivity contribution < 1.29 is 34.5 Å². The maximum absolute atomic E-state index is 13.6. The molecule has 3 aromatic rings. The number of aromatic hydroxyl groups is 2. The van der Waals surface area contributed by atoms with Crippen molar-refractivity contribution in [2.45, 2.75) is 37.8 Å². The lowest BCUT2D eigenvalue weighted by Gasteiger charge is -2.49. The Morgan fingerprint density at radius 3 is 2.76 bits per heavy atom. The van der Waals surface area contributed by atoms with Gasteiger partial charge in [-0.25, -0.2) is 9.78 Å². The molecule has 0 spiro atoms. The van der Waals surface area contributed by atoms with E-state index >= 15 is 0 Å². The summed E-state index contributed by atoms with van der Waals surface area (Å²) in [6.07, 6.45) is 7.14. The summed E-state index contributed by atoms with van der Waals surface area (Å²) in [5, 5.41) is 50.6. The highest BCUT2D eigenvalue weighted by molar-refractivity contribution is 8.03. The number of fused-ring (bicyclic) bond motifs is 1. The molecule has 0 aliphatic carbocycles. The lowest BCUT2D eigenvalue weighted by atomic mass is 10.0. The van der Waals surface area contributed by atoms with Gasteiger partial charge < -0.3 is 31.2 Å². The first-order chi connectivity index (χ1) is 23.4. The number of aliphatic imine (C=N–C) groups is 1. The molecule has 4 heterocycles. The number of hydrogen-bond acceptors (Lipinski definition) is 16. The van der Waals surface area contributed by atoms with Crippen LogP contribution in [0.1, 0.15) is 32.3 Å². The number of carboxylic acids is 1. The third kappa shape index (κ3) is 7.92. The molecule has 7 N–H and O–H groups in total. The third-order valence-corrected chi connectivity index (χ3v) is 10.0. The minimum absolute atomic E-state index is 0.0593. The number of nitrogens with zero attached hydrogens (tertiary/aromatic N) is 7. The predicted octanol–water partition coefficient (Wildman–Crippen LogP) is 2.64. The van der Waals surface area contributed by atoms with Crippen LogP contribution in [0.4, 0.5) is 10.8 Å². The van der Waals surface area contributed by atoms with Crippen LogP contribution in [0.3, 0.4) is 0 Å². The highest BCUT2D eigenvalue weighted by Crippen LogP contribution is 2.44. The fraction of sp³-hybridized carbons (Fsp3) is 0.276. The standard InChI is InChI=1S/C29H30N10O7S3/c1-4-5-16(8-9-31-15-6-7-18(40)19(41)10-15)47-11-14-12-48-26-21(25(43)39(26)22(14)23-34-37-38-35-23)33-24(42)20(17-13-49-28(30)32-17)36-46-29(2,3)27(44)45/h4-10,13,21,26,40-41H,11-12H2,1-3H3,(H2,30,32)(H,33,42)(H,44,45)(H,34,35,37,38)/b5-4-,16-8+,31-9?,36-20-/t21-,26-/m1/s1. The summed E-state index contributed by atoms with van der Waals surface area (Å²) < 4.78 is 0. The van der Waals surface area contributed by atoms with Crippen molar-refractivity contribution in [3.8, 4) is 11.5 Å². The summed E-state index contributed by atoms with van der Waals surface area (Å²) in [7, 11) is 0. The number of nitrogens with one attached hydrogen (secondary N) is 2. The lowest BCUT2D eigenvalue weighted by Crippen LogP contribution is -2.70. The number of phenolic OH excluding ortho intramolecular Hbond substituents is 2. The zero-order valence-electron chi connectivity index (χ0n) is 26.1. The van der Waals surface area contributed by atoms with Crippen molar-refractivity contribution in [3.05, 3.63) is 63.8 Å². The van der Waals surface area contributed by atoms with E-state index in [1.54, 1.807) is 18.4 Å². The first-order valence-electron chi connectivity index (χ1n) is 14.3. The number of anilines is 1. The minimum Gasteiger partial charge on any atom is -0.504 e. The molecule has 0 radical (unpaired) electrons. The number of β-lactam (4-membered cyclic amide) rings is 1. The van der Waals surface area contributed by atoms with Gasteiger partial charge in [0.2, 0.25) is 11.4 Å². The van der Waals surface area contributed by atoms with Gasteiger partial charge in [-0.15, -0.1) is 45.1 Å². The summed E-state index contributed by atoms with van der Waals surface area (Å²) in [5.74, 6) is -1.90. The fourth-order valence-electron chi connectivity index (χ4n) is 4.35. The second-order valence-electron chi connectivity index (χ2n) is 10.8. The highest BCUT2D eigenvalue weighted by Gasteiger charge is 2.54. The number of amides is 2. The number of phenols is 2. The molecule has 2 atom stereocenters. The van der Waals surface area contributed by atoms with Crippen molar-refractivity contribution >= 4 is 81.1 Å². The summed E-state index contributed by atoms with van der Waals surface area (Å²) in [4.78, 5) is 54.6. The molecular weight excluding hydrogens is 697 g/mol. The van der Waals surface area contributed by atoms with E-state index in [1.807, 2.05) is 19.1 Å². The van der Waals surface area contributed by atoms with Crippen LogP contribution in [0.15, 0.2) is 62.4 Å². The van der Waals surface area contributed by atoms with Crippen molar-refractivity contribution in [3.63, 3.8) is 0 Å². The van der Waals surface area contributed by atoms with Crippen molar-refractivity contribution in [2.24, 2.45) is 10.1 Å². The molecule has 1 saturated heterocycles. The maximum atomic E-state index is 13.6. The lowest BCUT2D eigenvalue weighted by molar-refractivity contribution is -0.161. The quantitative estimate of drug-likeness (QED) is 0.0487. The van der Waals surface area contributed by atoms with Crippen LogP contribution >= 0.6 is 34.9 Å². The molecule has 2 aliphatic heterocycles. The number of hydrogen-bond donors (Lipinski definition) is 6. The summed E-state index contributed by atoms with van der Waals surface area (Å²) >= 11 is 3.97. The van der Waals surface area contributed by atoms with Crippen LogP contribution in [0, 0.1) is 0 Å². The van der Waals surface area contributed by atoms with E-state index in [9.17, 15) is 29.7 Å². The number of thiazole rings is 1. The van der Waals surface area contributed by atoms with Crippen molar-refractivity contribution in [1.82, 2.24) is 35.8 Å². The number of H-pyrrole nitrogens is 1. The number of allylic oxidation sites excluding steroid dienone is 3. The number of rotatable bonds is 13. The van der Waals surface area contributed by atoms with Gasteiger partial charge in [-0.3, -0.25) is 19.5 Å². The van der Waals surface area contributed by atoms with Gasteiger partial charge in [0, 0.05) is 34.1 Å². The summed E-state index contributed by atoms with van der Waals surface area (Å²) in [6, 6.07) is 3.30. The maximum Gasteiger partial charge on any atom is 0.350 e. The smallest absolute Gasteiger partial charge is 0.350 e. The van der Waals surface area contributed by atoms with Gasteiger partial charge in [-0.05, 0) is 49.8 Å². The Kier molecular flexibility index (Phi) is 10.7. The molecule has 2 aromatic heterocycles. The number of thioether (sulfide) groups is 2. The minimum atomic E-state index is -1.75. The number of aromatic nitrogens is 5. The zero-order valence-corrected chi connectivity index (χ0v) is 28.5. The Balaban J connectivity index is 1.34. The number of benzene rings is 1. The number of carbonyl (C=O) groups is 3. The molecule has 2 aliphatic rings. The average Bonchev–Trinajstić information content (AvgIpc) is 3.76. The monoisotopic (exact) mass is 726 g/mol. The van der Waals surface area contributed by atoms with Crippen LogP contribution in [0.5, 0.6) is 11.5 Å². The fourth-order valence-corrected chi connectivity index (χ4v) is 7.34.